The SMILES string of the molecule is Cn1ncc(N2CCC(CNC(=O)c3ccccc3Cl)C2)cc1=O. The zero-order chi connectivity index (χ0) is 17.1. The molecule has 7 heteroatoms. The van der Waals surface area contributed by atoms with E-state index in [4.69, 9.17) is 11.6 Å². The van der Waals surface area contributed by atoms with Crippen LogP contribution in [-0.2, 0) is 7.05 Å². The zero-order valence-corrected chi connectivity index (χ0v) is 14.2. The summed E-state index contributed by atoms with van der Waals surface area (Å²) in [5.74, 6) is 0.176. The van der Waals surface area contributed by atoms with Gasteiger partial charge < -0.3 is 10.2 Å². The molecule has 1 aromatic carbocycles. The van der Waals surface area contributed by atoms with Gasteiger partial charge in [-0.2, -0.15) is 5.10 Å². The third kappa shape index (κ3) is 3.59. The second-order valence-electron chi connectivity index (χ2n) is 5.97. The average molecular weight is 347 g/mol. The van der Waals surface area contributed by atoms with Gasteiger partial charge in [0.2, 0.25) is 0 Å². The van der Waals surface area contributed by atoms with E-state index in [1.54, 1.807) is 43.6 Å². The maximum absolute atomic E-state index is 12.2. The molecular weight excluding hydrogens is 328 g/mol. The van der Waals surface area contributed by atoms with E-state index in [2.05, 4.69) is 15.3 Å². The number of carbonyl (C=O) groups excluding carboxylic acids is 1. The van der Waals surface area contributed by atoms with Crippen LogP contribution in [0.5, 0.6) is 0 Å². The highest BCUT2D eigenvalue weighted by molar-refractivity contribution is 6.33. The highest BCUT2D eigenvalue weighted by Gasteiger charge is 2.24. The smallest absolute Gasteiger partial charge is 0.268 e. The first-order valence-electron chi connectivity index (χ1n) is 7.85. The summed E-state index contributed by atoms with van der Waals surface area (Å²) in [7, 11) is 1.63. The molecule has 0 aliphatic carbocycles. The first-order chi connectivity index (χ1) is 11.5. The van der Waals surface area contributed by atoms with Crippen molar-refractivity contribution in [2.45, 2.75) is 6.42 Å². The molecule has 6 nitrogen and oxygen atoms in total. The van der Waals surface area contributed by atoms with Crippen LogP contribution in [0.2, 0.25) is 5.02 Å². The number of nitrogens with one attached hydrogen (secondary N) is 1. The minimum absolute atomic E-state index is 0.122. The Kier molecular flexibility index (Phi) is 4.85. The largest absolute Gasteiger partial charge is 0.370 e. The fraction of sp³-hybridized carbons (Fsp3) is 0.353. The number of carbonyl (C=O) groups is 1. The predicted octanol–water partition coefficient (Wildman–Crippen LogP) is 1.69. The van der Waals surface area contributed by atoms with Gasteiger partial charge in [0.05, 0.1) is 22.5 Å². The number of hydrogen-bond donors (Lipinski definition) is 1. The number of aromatic nitrogens is 2. The van der Waals surface area contributed by atoms with Crippen molar-refractivity contribution in [3.63, 3.8) is 0 Å². The van der Waals surface area contributed by atoms with Gasteiger partial charge in [-0.1, -0.05) is 23.7 Å². The van der Waals surface area contributed by atoms with Gasteiger partial charge in [-0.25, -0.2) is 4.68 Å². The first kappa shape index (κ1) is 16.5. The molecule has 126 valence electrons. The van der Waals surface area contributed by atoms with Crippen molar-refractivity contribution >= 4 is 23.2 Å². The topological polar surface area (TPSA) is 67.2 Å². The molecule has 1 aliphatic heterocycles. The van der Waals surface area contributed by atoms with Crippen molar-refractivity contribution in [3.05, 3.63) is 57.5 Å². The Morgan fingerprint density at radius 2 is 2.21 bits per heavy atom. The average Bonchev–Trinajstić information content (AvgIpc) is 3.04. The number of benzene rings is 1. The standard InChI is InChI=1S/C17H19ClN4O2/c1-21-16(23)8-13(10-20-21)22-7-6-12(11-22)9-19-17(24)14-4-2-3-5-15(14)18/h2-5,8,10,12H,6-7,9,11H2,1H3,(H,19,24). The summed E-state index contributed by atoms with van der Waals surface area (Å²) in [5, 5.41) is 7.45. The lowest BCUT2D eigenvalue weighted by atomic mass is 10.1. The van der Waals surface area contributed by atoms with Gasteiger partial charge in [-0.15, -0.1) is 0 Å². The molecule has 1 atom stereocenters. The summed E-state index contributed by atoms with van der Waals surface area (Å²) in [6, 6.07) is 8.60. The van der Waals surface area contributed by atoms with E-state index in [9.17, 15) is 9.59 Å². The lowest BCUT2D eigenvalue weighted by molar-refractivity contribution is 0.0948. The molecular formula is C17H19ClN4O2. The summed E-state index contributed by atoms with van der Waals surface area (Å²) in [5.41, 5.74) is 1.20. The van der Waals surface area contributed by atoms with E-state index in [1.807, 2.05) is 0 Å². The predicted molar refractivity (Wildman–Crippen MR) is 93.6 cm³/mol. The van der Waals surface area contributed by atoms with E-state index >= 15 is 0 Å². The number of amides is 1. The summed E-state index contributed by atoms with van der Waals surface area (Å²) in [6.07, 6.45) is 2.66. The highest BCUT2D eigenvalue weighted by Crippen LogP contribution is 2.22. The van der Waals surface area contributed by atoms with Crippen molar-refractivity contribution in [2.24, 2.45) is 13.0 Å². The highest BCUT2D eigenvalue weighted by atomic mass is 35.5. The molecule has 0 bridgehead atoms. The van der Waals surface area contributed by atoms with Crippen molar-refractivity contribution < 1.29 is 4.79 Å². The van der Waals surface area contributed by atoms with Gasteiger partial charge in [-0.05, 0) is 24.5 Å². The molecule has 1 saturated heterocycles. The van der Waals surface area contributed by atoms with Crippen molar-refractivity contribution in [1.29, 1.82) is 0 Å². The third-order valence-corrected chi connectivity index (χ3v) is 4.60. The van der Waals surface area contributed by atoms with E-state index in [0.717, 1.165) is 25.2 Å². The lowest BCUT2D eigenvalue weighted by Gasteiger charge is -2.18. The van der Waals surface area contributed by atoms with Gasteiger partial charge >= 0.3 is 0 Å². The third-order valence-electron chi connectivity index (χ3n) is 4.27. The van der Waals surface area contributed by atoms with Crippen LogP contribution in [0, 0.1) is 5.92 Å². The van der Waals surface area contributed by atoms with Crippen LogP contribution in [-0.4, -0.2) is 35.3 Å². The van der Waals surface area contributed by atoms with Gasteiger partial charge in [0.25, 0.3) is 11.5 Å². The quantitative estimate of drug-likeness (QED) is 0.914. The van der Waals surface area contributed by atoms with Crippen LogP contribution >= 0.6 is 11.6 Å². The fourth-order valence-electron chi connectivity index (χ4n) is 2.84. The Morgan fingerprint density at radius 3 is 2.96 bits per heavy atom. The number of anilines is 1. The summed E-state index contributed by atoms with van der Waals surface area (Å²) in [4.78, 5) is 26.0. The Bertz CT molecular complexity index is 805. The van der Waals surface area contributed by atoms with E-state index in [-0.39, 0.29) is 11.5 Å². The Balaban J connectivity index is 1.56. The molecule has 0 saturated carbocycles. The normalized spacial score (nSPS) is 17.1. The summed E-state index contributed by atoms with van der Waals surface area (Å²) >= 11 is 6.04. The van der Waals surface area contributed by atoms with Crippen LogP contribution < -0.4 is 15.8 Å². The van der Waals surface area contributed by atoms with Crippen LogP contribution in [0.15, 0.2) is 41.3 Å². The molecule has 3 rings (SSSR count). The Hall–Kier alpha value is -2.34. The monoisotopic (exact) mass is 346 g/mol. The zero-order valence-electron chi connectivity index (χ0n) is 13.4. The number of hydrogen-bond acceptors (Lipinski definition) is 4. The second-order valence-corrected chi connectivity index (χ2v) is 6.37. The Morgan fingerprint density at radius 1 is 1.42 bits per heavy atom. The minimum atomic E-state index is -0.158. The second kappa shape index (κ2) is 7.05. The van der Waals surface area contributed by atoms with Gasteiger partial charge in [0.1, 0.15) is 0 Å². The molecule has 0 spiro atoms. The number of nitrogens with zero attached hydrogens (tertiary/aromatic N) is 3. The maximum atomic E-state index is 12.2. The van der Waals surface area contributed by atoms with Crippen LogP contribution in [0.3, 0.4) is 0 Å². The molecule has 1 aromatic heterocycles. The molecule has 1 fully saturated rings. The van der Waals surface area contributed by atoms with Crippen LogP contribution in [0.4, 0.5) is 5.69 Å². The lowest BCUT2D eigenvalue weighted by Crippen LogP contribution is -2.31. The summed E-state index contributed by atoms with van der Waals surface area (Å²) in [6.45, 7) is 2.22. The number of rotatable bonds is 4. The molecule has 24 heavy (non-hydrogen) atoms. The van der Waals surface area contributed by atoms with Crippen LogP contribution in [0.1, 0.15) is 16.8 Å². The van der Waals surface area contributed by atoms with Crippen molar-refractivity contribution in [3.8, 4) is 0 Å². The molecule has 2 aromatic rings. The van der Waals surface area contributed by atoms with Gasteiger partial charge in [-0.3, -0.25) is 9.59 Å². The molecule has 0 radical (unpaired) electrons. The molecule has 1 N–H and O–H groups in total. The van der Waals surface area contributed by atoms with E-state index in [0.29, 0.717) is 23.0 Å². The molecule has 1 amide bonds. The molecule has 1 unspecified atom stereocenters. The first-order valence-corrected chi connectivity index (χ1v) is 8.23. The van der Waals surface area contributed by atoms with Gasteiger partial charge in [0.15, 0.2) is 0 Å². The number of halogens is 1. The molecule has 1 aliphatic rings. The Labute approximate surface area is 145 Å². The molecule has 2 heterocycles. The maximum Gasteiger partial charge on any atom is 0.268 e. The summed E-state index contributed by atoms with van der Waals surface area (Å²) < 4.78 is 1.31. The van der Waals surface area contributed by atoms with E-state index in [1.165, 1.54) is 4.68 Å². The van der Waals surface area contributed by atoms with Crippen LogP contribution in [0.25, 0.3) is 0 Å². The number of aryl methyl sites for hydroxylation is 1. The van der Waals surface area contributed by atoms with Crippen molar-refractivity contribution in [1.82, 2.24) is 15.1 Å². The van der Waals surface area contributed by atoms with Crippen molar-refractivity contribution in [2.75, 3.05) is 24.5 Å². The minimum Gasteiger partial charge on any atom is -0.370 e. The van der Waals surface area contributed by atoms with E-state index < -0.39 is 0 Å². The van der Waals surface area contributed by atoms with Gasteiger partial charge in [0, 0.05) is 32.7 Å². The fourth-order valence-corrected chi connectivity index (χ4v) is 3.07.